The highest BCUT2D eigenvalue weighted by Crippen LogP contribution is 2.33. The molecule has 0 radical (unpaired) electrons. The van der Waals surface area contributed by atoms with Gasteiger partial charge < -0.3 is 24.6 Å². The summed E-state index contributed by atoms with van der Waals surface area (Å²) in [4.78, 5) is 38.5. The number of nitriles is 1. The van der Waals surface area contributed by atoms with Crippen LogP contribution in [0.2, 0.25) is 5.02 Å². The first-order valence-corrected chi connectivity index (χ1v) is 16.9. The van der Waals surface area contributed by atoms with Crippen LogP contribution in [0.5, 0.6) is 5.75 Å². The number of carbonyl (C=O) groups excluding carboxylic acids is 2. The summed E-state index contributed by atoms with van der Waals surface area (Å²) in [5.41, 5.74) is 0.347. The number of hydrogen-bond acceptors (Lipinski definition) is 9. The Bertz CT molecular complexity index is 1940. The number of likely N-dealkylation sites (tertiary alicyclic amines) is 1. The van der Waals surface area contributed by atoms with E-state index in [0.29, 0.717) is 70.4 Å². The number of benzene rings is 1. The molecule has 12 nitrogen and oxygen atoms in total. The highest BCUT2D eigenvalue weighted by molar-refractivity contribution is 6.34. The van der Waals surface area contributed by atoms with Gasteiger partial charge in [0, 0.05) is 37.2 Å². The average molecular weight is 703 g/mol. The summed E-state index contributed by atoms with van der Waals surface area (Å²) in [6.07, 6.45) is 7.28. The molecule has 1 atom stereocenters. The van der Waals surface area contributed by atoms with Crippen LogP contribution < -0.4 is 15.0 Å². The van der Waals surface area contributed by atoms with Gasteiger partial charge in [-0.2, -0.15) is 10.4 Å². The van der Waals surface area contributed by atoms with Crippen molar-refractivity contribution in [2.24, 2.45) is 0 Å². The van der Waals surface area contributed by atoms with E-state index in [9.17, 15) is 14.9 Å². The molecule has 0 spiro atoms. The maximum absolute atomic E-state index is 15.8. The van der Waals surface area contributed by atoms with Crippen LogP contribution in [0, 0.1) is 18.3 Å². The minimum absolute atomic E-state index is 0.109. The Labute approximate surface area is 295 Å². The lowest BCUT2D eigenvalue weighted by Crippen LogP contribution is -2.53. The largest absolute Gasteiger partial charge is 0.489 e. The molecule has 0 aliphatic carbocycles. The predicted molar refractivity (Wildman–Crippen MR) is 186 cm³/mol. The number of alkyl halides is 1. The van der Waals surface area contributed by atoms with Crippen LogP contribution in [-0.4, -0.2) is 86.1 Å². The standard InChI is InChI=1S/C36H40ClFN8O4/c1-23-7-6-8-27(37)30(23)32(47)43-35(5)9-12-44(13-10-35)29-19-40-28(18-41-29)26-15-25(20-46-31(26)24(16-39)17-42-46)49-22-36(38)11-14-45(21-36)33(48)50-34(2,3)4/h6-8,15,17-20H,9-14,21-22H2,1-5H3,(H,43,47). The summed E-state index contributed by atoms with van der Waals surface area (Å²) in [7, 11) is 0. The average Bonchev–Trinajstić information content (AvgIpc) is 3.67. The molecular weight excluding hydrogens is 663 g/mol. The lowest BCUT2D eigenvalue weighted by molar-refractivity contribution is 0.0230. The van der Waals surface area contributed by atoms with E-state index >= 15 is 4.39 Å². The van der Waals surface area contributed by atoms with Crippen LogP contribution in [0.3, 0.4) is 0 Å². The number of halogens is 2. The monoisotopic (exact) mass is 702 g/mol. The van der Waals surface area contributed by atoms with Crippen molar-refractivity contribution in [2.75, 3.05) is 37.7 Å². The maximum Gasteiger partial charge on any atom is 0.410 e. The second-order valence-corrected chi connectivity index (χ2v) is 14.7. The lowest BCUT2D eigenvalue weighted by Gasteiger charge is -2.40. The van der Waals surface area contributed by atoms with Gasteiger partial charge in [0.25, 0.3) is 5.91 Å². The molecule has 1 N–H and O–H groups in total. The van der Waals surface area contributed by atoms with Crippen LogP contribution in [0.15, 0.2) is 49.1 Å². The third kappa shape index (κ3) is 7.45. The highest BCUT2D eigenvalue weighted by Gasteiger charge is 2.42. The van der Waals surface area contributed by atoms with Gasteiger partial charge in [0.1, 0.15) is 29.8 Å². The molecule has 0 bridgehead atoms. The predicted octanol–water partition coefficient (Wildman–Crippen LogP) is 6.14. The summed E-state index contributed by atoms with van der Waals surface area (Å²) in [6, 6.07) is 9.28. The number of nitrogens with one attached hydrogen (secondary N) is 1. The van der Waals surface area contributed by atoms with Crippen LogP contribution >= 0.6 is 11.6 Å². The van der Waals surface area contributed by atoms with Gasteiger partial charge >= 0.3 is 6.09 Å². The second-order valence-electron chi connectivity index (χ2n) is 14.3. The Hall–Kier alpha value is -4.96. The molecule has 2 fully saturated rings. The number of anilines is 1. The second kappa shape index (κ2) is 13.4. The fourth-order valence-corrected chi connectivity index (χ4v) is 6.64. The quantitative estimate of drug-likeness (QED) is 0.241. The van der Waals surface area contributed by atoms with Crippen LogP contribution in [0.25, 0.3) is 16.8 Å². The van der Waals surface area contributed by atoms with Gasteiger partial charge in [0.05, 0.1) is 58.7 Å². The minimum atomic E-state index is -1.77. The topological polar surface area (TPSA) is 138 Å². The van der Waals surface area contributed by atoms with Gasteiger partial charge in [-0.25, -0.2) is 18.7 Å². The van der Waals surface area contributed by atoms with E-state index in [0.717, 1.165) is 5.56 Å². The van der Waals surface area contributed by atoms with Gasteiger partial charge in [-0.05, 0) is 65.2 Å². The number of carbonyl (C=O) groups is 2. The van der Waals surface area contributed by atoms with Crippen molar-refractivity contribution < 1.29 is 23.5 Å². The van der Waals surface area contributed by atoms with E-state index in [4.69, 9.17) is 31.0 Å². The van der Waals surface area contributed by atoms with E-state index in [2.05, 4.69) is 21.4 Å². The Kier molecular flexibility index (Phi) is 9.35. The highest BCUT2D eigenvalue weighted by atomic mass is 35.5. The zero-order valence-electron chi connectivity index (χ0n) is 28.8. The molecule has 14 heteroatoms. The van der Waals surface area contributed by atoms with Gasteiger partial charge in [0.15, 0.2) is 5.67 Å². The fourth-order valence-electron chi connectivity index (χ4n) is 6.34. The number of ether oxygens (including phenoxy) is 2. The number of aromatic nitrogens is 4. The van der Waals surface area contributed by atoms with E-state index in [1.165, 1.54) is 15.6 Å². The van der Waals surface area contributed by atoms with Gasteiger partial charge in [-0.1, -0.05) is 23.7 Å². The number of piperidine rings is 1. The summed E-state index contributed by atoms with van der Waals surface area (Å²) in [5, 5.41) is 17.7. The summed E-state index contributed by atoms with van der Waals surface area (Å²) in [5.74, 6) is 0.815. The molecule has 0 saturated carbocycles. The van der Waals surface area contributed by atoms with Crippen molar-refractivity contribution in [1.82, 2.24) is 29.8 Å². The third-order valence-corrected chi connectivity index (χ3v) is 9.44. The van der Waals surface area contributed by atoms with Crippen molar-refractivity contribution in [1.29, 1.82) is 5.26 Å². The molecule has 2 saturated heterocycles. The van der Waals surface area contributed by atoms with Gasteiger partial charge in [0.2, 0.25) is 0 Å². The molecule has 262 valence electrons. The number of pyridine rings is 1. The molecule has 1 unspecified atom stereocenters. The Balaban J connectivity index is 1.14. The molecule has 6 rings (SSSR count). The van der Waals surface area contributed by atoms with Crippen molar-refractivity contribution in [3.8, 4) is 23.1 Å². The summed E-state index contributed by atoms with van der Waals surface area (Å²) < 4.78 is 28.6. The lowest BCUT2D eigenvalue weighted by atomic mass is 9.89. The van der Waals surface area contributed by atoms with Gasteiger partial charge in [-0.3, -0.25) is 9.78 Å². The minimum Gasteiger partial charge on any atom is -0.489 e. The first kappa shape index (κ1) is 34.9. The van der Waals surface area contributed by atoms with Crippen molar-refractivity contribution >= 4 is 34.9 Å². The third-order valence-electron chi connectivity index (χ3n) is 9.13. The Morgan fingerprint density at radius 2 is 1.88 bits per heavy atom. The number of aryl methyl sites for hydroxylation is 1. The Morgan fingerprint density at radius 1 is 1.12 bits per heavy atom. The number of hydrogen-bond donors (Lipinski definition) is 1. The van der Waals surface area contributed by atoms with Crippen molar-refractivity contribution in [3.05, 3.63) is 70.8 Å². The molecule has 2 aliphatic rings. The van der Waals surface area contributed by atoms with Crippen LogP contribution in [0.4, 0.5) is 15.0 Å². The molecule has 2 aliphatic heterocycles. The van der Waals surface area contributed by atoms with Crippen LogP contribution in [-0.2, 0) is 4.74 Å². The van der Waals surface area contributed by atoms with E-state index in [-0.39, 0.29) is 32.0 Å². The number of fused-ring (bicyclic) bond motifs is 1. The van der Waals surface area contributed by atoms with E-state index < -0.39 is 22.9 Å². The van der Waals surface area contributed by atoms with Gasteiger partial charge in [-0.15, -0.1) is 0 Å². The molecule has 3 aromatic heterocycles. The maximum atomic E-state index is 15.8. The van der Waals surface area contributed by atoms with E-state index in [1.54, 1.807) is 51.5 Å². The van der Waals surface area contributed by atoms with Crippen molar-refractivity contribution in [2.45, 2.75) is 70.7 Å². The Morgan fingerprint density at radius 3 is 2.54 bits per heavy atom. The number of nitrogens with zero attached hydrogens (tertiary/aromatic N) is 7. The normalized spacial score (nSPS) is 18.9. The fraction of sp³-hybridized carbons (Fsp3) is 0.444. The zero-order valence-corrected chi connectivity index (χ0v) is 29.6. The molecule has 2 amide bonds. The molecule has 4 aromatic rings. The number of amides is 2. The number of rotatable bonds is 7. The van der Waals surface area contributed by atoms with Crippen molar-refractivity contribution in [3.63, 3.8) is 0 Å². The molecule has 50 heavy (non-hydrogen) atoms. The molecular formula is C36H40ClFN8O4. The van der Waals surface area contributed by atoms with E-state index in [1.807, 2.05) is 26.0 Å². The first-order chi connectivity index (χ1) is 23.7. The SMILES string of the molecule is Cc1cccc(Cl)c1C(=O)NC1(C)CCN(c2cnc(-c3cc(OCC4(F)CCN(C(=O)OC(C)(C)C)C4)cn4ncc(C#N)c34)cn2)CC1. The zero-order chi connectivity index (χ0) is 35.8. The smallest absolute Gasteiger partial charge is 0.410 e. The van der Waals surface area contributed by atoms with Crippen LogP contribution in [0.1, 0.15) is 68.4 Å². The molecule has 5 heterocycles. The summed E-state index contributed by atoms with van der Waals surface area (Å²) >= 11 is 6.33. The molecule has 1 aromatic carbocycles. The summed E-state index contributed by atoms with van der Waals surface area (Å²) in [6.45, 7) is 10.3. The first-order valence-electron chi connectivity index (χ1n) is 16.5.